The average Bonchev–Trinajstić information content (AvgIpc) is 2.69. The maximum absolute atomic E-state index is 12.8. The number of pyridine rings is 2. The van der Waals surface area contributed by atoms with Gasteiger partial charge in [-0.25, -0.2) is 0 Å². The van der Waals surface area contributed by atoms with Crippen molar-refractivity contribution in [2.45, 2.75) is 25.2 Å². The quantitative estimate of drug-likeness (QED) is 0.424. The number of nitrogens with two attached hydrogens (primary N) is 1. The fourth-order valence-electron chi connectivity index (χ4n) is 3.13. The predicted octanol–water partition coefficient (Wildman–Crippen LogP) is 6.10. The molecular weight excluding hydrogens is 495 g/mol. The van der Waals surface area contributed by atoms with E-state index in [4.69, 9.17) is 28.9 Å². The number of primary amides is 1. The second-order valence-electron chi connectivity index (χ2n) is 6.97. The standard InChI is InChI=1S/C21H13Cl2F6N3O/c22-14-6-12(20(24,25)26)8-31-16(14)4-10-2-1-3-11(18(10)19(30)33)5-17-15(23)7-13(9-32-17)21(27,28)29/h1-3,6-9H,4-5H2,(H2,30,33). The molecule has 0 spiro atoms. The summed E-state index contributed by atoms with van der Waals surface area (Å²) >= 11 is 11.9. The lowest BCUT2D eigenvalue weighted by molar-refractivity contribution is -0.138. The molecule has 0 saturated heterocycles. The minimum absolute atomic E-state index is 0.0213. The molecule has 0 aliphatic heterocycles. The van der Waals surface area contributed by atoms with Gasteiger partial charge in [-0.2, -0.15) is 26.3 Å². The van der Waals surface area contributed by atoms with Gasteiger partial charge in [-0.1, -0.05) is 41.4 Å². The highest BCUT2D eigenvalue weighted by Gasteiger charge is 2.32. The van der Waals surface area contributed by atoms with Crippen molar-refractivity contribution < 1.29 is 31.1 Å². The van der Waals surface area contributed by atoms with Crippen molar-refractivity contribution >= 4 is 29.1 Å². The molecule has 12 heteroatoms. The molecule has 3 rings (SSSR count). The molecule has 4 nitrogen and oxygen atoms in total. The number of hydrogen-bond acceptors (Lipinski definition) is 3. The van der Waals surface area contributed by atoms with E-state index in [1.54, 1.807) is 6.07 Å². The number of nitrogens with zero attached hydrogens (tertiary/aromatic N) is 2. The monoisotopic (exact) mass is 507 g/mol. The Morgan fingerprint density at radius 2 is 1.21 bits per heavy atom. The molecule has 0 aliphatic carbocycles. The van der Waals surface area contributed by atoms with Gasteiger partial charge in [0.05, 0.1) is 32.6 Å². The van der Waals surface area contributed by atoms with Crippen molar-refractivity contribution in [1.29, 1.82) is 0 Å². The summed E-state index contributed by atoms with van der Waals surface area (Å²) in [6, 6.07) is 6.03. The van der Waals surface area contributed by atoms with Crippen molar-refractivity contribution in [3.8, 4) is 0 Å². The van der Waals surface area contributed by atoms with Gasteiger partial charge in [0, 0.05) is 30.8 Å². The Labute approximate surface area is 193 Å². The van der Waals surface area contributed by atoms with Crippen LogP contribution in [0.2, 0.25) is 10.0 Å². The van der Waals surface area contributed by atoms with Crippen LogP contribution in [-0.4, -0.2) is 15.9 Å². The molecule has 0 aliphatic rings. The third kappa shape index (κ3) is 5.75. The first-order chi connectivity index (χ1) is 15.3. The first kappa shape index (κ1) is 24.8. The number of carbonyl (C=O) groups is 1. The zero-order chi connectivity index (χ0) is 24.6. The van der Waals surface area contributed by atoms with Crippen LogP contribution in [-0.2, 0) is 25.2 Å². The Kier molecular flexibility index (Phi) is 6.90. The third-order valence-corrected chi connectivity index (χ3v) is 5.34. The minimum atomic E-state index is -4.62. The smallest absolute Gasteiger partial charge is 0.366 e. The van der Waals surface area contributed by atoms with Gasteiger partial charge in [-0.15, -0.1) is 0 Å². The molecule has 3 aromatic rings. The highest BCUT2D eigenvalue weighted by molar-refractivity contribution is 6.31. The molecule has 0 radical (unpaired) electrons. The summed E-state index contributed by atoms with van der Waals surface area (Å²) in [6.45, 7) is 0. The molecular formula is C21H13Cl2F6N3O. The Hall–Kier alpha value is -2.85. The van der Waals surface area contributed by atoms with E-state index in [1.807, 2.05) is 0 Å². The summed E-state index contributed by atoms with van der Waals surface area (Å²) in [5, 5.41) is -0.504. The van der Waals surface area contributed by atoms with Crippen LogP contribution in [0.5, 0.6) is 0 Å². The number of aromatic nitrogens is 2. The first-order valence-corrected chi connectivity index (χ1v) is 9.86. The lowest BCUT2D eigenvalue weighted by atomic mass is 9.94. The van der Waals surface area contributed by atoms with Crippen molar-refractivity contribution in [1.82, 2.24) is 9.97 Å². The molecule has 0 saturated carbocycles. The first-order valence-electron chi connectivity index (χ1n) is 9.11. The van der Waals surface area contributed by atoms with Crippen LogP contribution in [0.15, 0.2) is 42.7 Å². The zero-order valence-corrected chi connectivity index (χ0v) is 17.9. The van der Waals surface area contributed by atoms with Crippen LogP contribution in [0.25, 0.3) is 0 Å². The zero-order valence-electron chi connectivity index (χ0n) is 16.4. The summed E-state index contributed by atoms with van der Waals surface area (Å²) in [5.74, 6) is -0.855. The number of carbonyl (C=O) groups excluding carboxylic acids is 1. The Morgan fingerprint density at radius 3 is 1.52 bits per heavy atom. The van der Waals surface area contributed by atoms with Crippen molar-refractivity contribution in [3.05, 3.63) is 92.0 Å². The summed E-state index contributed by atoms with van der Waals surface area (Å²) in [7, 11) is 0. The highest BCUT2D eigenvalue weighted by atomic mass is 35.5. The summed E-state index contributed by atoms with van der Waals surface area (Å²) in [6.07, 6.45) is -8.22. The number of benzene rings is 1. The van der Waals surface area contributed by atoms with Crippen molar-refractivity contribution in [2.24, 2.45) is 5.73 Å². The van der Waals surface area contributed by atoms with Gasteiger partial charge in [0.1, 0.15) is 0 Å². The third-order valence-electron chi connectivity index (χ3n) is 4.69. The number of amides is 1. The molecule has 0 unspecified atom stereocenters. The second-order valence-corrected chi connectivity index (χ2v) is 7.78. The van der Waals surface area contributed by atoms with Crippen molar-refractivity contribution in [3.63, 3.8) is 0 Å². The molecule has 1 amide bonds. The van der Waals surface area contributed by atoms with Gasteiger partial charge in [-0.05, 0) is 23.3 Å². The van der Waals surface area contributed by atoms with Crippen LogP contribution in [0.1, 0.15) is 44.0 Å². The van der Waals surface area contributed by atoms with Crippen molar-refractivity contribution in [2.75, 3.05) is 0 Å². The van der Waals surface area contributed by atoms with E-state index in [1.165, 1.54) is 12.1 Å². The average molecular weight is 508 g/mol. The number of hydrogen-bond donors (Lipinski definition) is 1. The largest absolute Gasteiger partial charge is 0.417 e. The maximum atomic E-state index is 12.8. The molecule has 0 atom stereocenters. The predicted molar refractivity (Wildman–Crippen MR) is 109 cm³/mol. The molecule has 0 fully saturated rings. The topological polar surface area (TPSA) is 68.9 Å². The Morgan fingerprint density at radius 1 is 0.818 bits per heavy atom. The van der Waals surface area contributed by atoms with E-state index in [2.05, 4.69) is 9.97 Å². The molecule has 2 aromatic heterocycles. The Bertz CT molecular complexity index is 1130. The fraction of sp³-hybridized carbons (Fsp3) is 0.190. The Balaban J connectivity index is 1.97. The van der Waals surface area contributed by atoms with Gasteiger partial charge >= 0.3 is 12.4 Å². The molecule has 0 bridgehead atoms. The lowest BCUT2D eigenvalue weighted by Crippen LogP contribution is -2.18. The SMILES string of the molecule is NC(=O)c1c(Cc2ncc(C(F)(F)F)cc2Cl)cccc1Cc1ncc(C(F)(F)F)cc1Cl. The van der Waals surface area contributed by atoms with E-state index in [0.717, 1.165) is 12.1 Å². The number of alkyl halides is 6. The minimum Gasteiger partial charge on any atom is -0.366 e. The molecule has 174 valence electrons. The number of rotatable bonds is 5. The maximum Gasteiger partial charge on any atom is 0.417 e. The molecule has 33 heavy (non-hydrogen) atoms. The van der Waals surface area contributed by atoms with Crippen LogP contribution < -0.4 is 5.73 Å². The normalized spacial score (nSPS) is 12.1. The van der Waals surface area contributed by atoms with Gasteiger partial charge < -0.3 is 5.73 Å². The molecule has 2 heterocycles. The highest BCUT2D eigenvalue weighted by Crippen LogP contribution is 2.33. The molecule has 1 aromatic carbocycles. The van der Waals surface area contributed by atoms with Gasteiger partial charge in [0.15, 0.2) is 0 Å². The lowest BCUT2D eigenvalue weighted by Gasteiger charge is -2.14. The van der Waals surface area contributed by atoms with Gasteiger partial charge in [0.25, 0.3) is 0 Å². The fourth-order valence-corrected chi connectivity index (χ4v) is 3.59. The van der Waals surface area contributed by atoms with E-state index >= 15 is 0 Å². The van der Waals surface area contributed by atoms with E-state index in [9.17, 15) is 31.1 Å². The van der Waals surface area contributed by atoms with E-state index in [-0.39, 0.29) is 39.8 Å². The van der Waals surface area contributed by atoms with Gasteiger partial charge in [-0.3, -0.25) is 14.8 Å². The summed E-state index contributed by atoms with van der Waals surface area (Å²) in [4.78, 5) is 19.7. The van der Waals surface area contributed by atoms with Crippen LogP contribution in [0, 0.1) is 0 Å². The summed E-state index contributed by atoms with van der Waals surface area (Å²) < 4.78 is 77.0. The summed E-state index contributed by atoms with van der Waals surface area (Å²) in [5.41, 5.74) is 4.28. The van der Waals surface area contributed by atoms with Crippen LogP contribution >= 0.6 is 23.2 Å². The molecule has 2 N–H and O–H groups in total. The second kappa shape index (κ2) is 9.18. The van der Waals surface area contributed by atoms with Crippen LogP contribution in [0.4, 0.5) is 26.3 Å². The van der Waals surface area contributed by atoms with Gasteiger partial charge in [0.2, 0.25) is 5.91 Å². The number of halogens is 8. The van der Waals surface area contributed by atoms with E-state index < -0.39 is 29.4 Å². The van der Waals surface area contributed by atoms with E-state index in [0.29, 0.717) is 23.5 Å². The van der Waals surface area contributed by atoms with Crippen LogP contribution in [0.3, 0.4) is 0 Å².